The monoisotopic (exact) mass is 380 g/mol. The first-order chi connectivity index (χ1) is 13.6. The average Bonchev–Trinajstić information content (AvgIpc) is 3.08. The number of aryl methyl sites for hydroxylation is 1. The third-order valence-corrected chi connectivity index (χ3v) is 5.64. The summed E-state index contributed by atoms with van der Waals surface area (Å²) in [6, 6.07) is 14.6. The van der Waals surface area contributed by atoms with Gasteiger partial charge in [0, 0.05) is 24.4 Å². The number of hydrogen-bond acceptors (Lipinski definition) is 3. The van der Waals surface area contributed by atoms with E-state index >= 15 is 0 Å². The first-order valence-electron chi connectivity index (χ1n) is 9.92. The van der Waals surface area contributed by atoms with E-state index in [1.54, 1.807) is 6.07 Å². The summed E-state index contributed by atoms with van der Waals surface area (Å²) in [6.07, 6.45) is 3.48. The Morgan fingerprint density at radius 1 is 1.21 bits per heavy atom. The smallest absolute Gasteiger partial charge is 0.226 e. The number of amides is 1. The molecule has 0 aromatic heterocycles. The number of carbonyl (C=O) groups is 1. The number of nitrogens with zero attached hydrogens (tertiary/aromatic N) is 2. The summed E-state index contributed by atoms with van der Waals surface area (Å²) in [5, 5.41) is 4.28. The average molecular weight is 380 g/mol. The molecule has 0 bridgehead atoms. The van der Waals surface area contributed by atoms with E-state index in [-0.39, 0.29) is 23.7 Å². The number of oxime groups is 1. The van der Waals surface area contributed by atoms with Crippen molar-refractivity contribution in [3.05, 3.63) is 71.0 Å². The normalized spacial score (nSPS) is 18.9. The molecule has 0 unspecified atom stereocenters. The highest BCUT2D eigenvalue weighted by molar-refractivity contribution is 6.02. The molecule has 2 aromatic carbocycles. The fourth-order valence-corrected chi connectivity index (χ4v) is 3.83. The molecule has 146 valence electrons. The van der Waals surface area contributed by atoms with Crippen molar-refractivity contribution in [1.29, 1.82) is 0 Å². The summed E-state index contributed by atoms with van der Waals surface area (Å²) in [4.78, 5) is 20.4. The van der Waals surface area contributed by atoms with E-state index in [0.717, 1.165) is 41.7 Å². The van der Waals surface area contributed by atoms with Crippen LogP contribution in [0, 0.1) is 18.7 Å². The molecule has 5 heteroatoms. The van der Waals surface area contributed by atoms with Gasteiger partial charge in [-0.25, -0.2) is 4.39 Å². The van der Waals surface area contributed by atoms with E-state index in [1.165, 1.54) is 12.1 Å². The van der Waals surface area contributed by atoms with Crippen LogP contribution in [-0.4, -0.2) is 29.2 Å². The quantitative estimate of drug-likeness (QED) is 0.743. The van der Waals surface area contributed by atoms with Crippen LogP contribution in [0.25, 0.3) is 0 Å². The predicted molar refractivity (Wildman–Crippen MR) is 106 cm³/mol. The van der Waals surface area contributed by atoms with Crippen molar-refractivity contribution in [3.63, 3.8) is 0 Å². The minimum Gasteiger partial charge on any atom is -0.390 e. The highest BCUT2D eigenvalue weighted by Gasteiger charge is 2.33. The second-order valence-electron chi connectivity index (χ2n) is 7.76. The van der Waals surface area contributed by atoms with E-state index in [4.69, 9.17) is 4.84 Å². The lowest BCUT2D eigenvalue weighted by Crippen LogP contribution is -2.42. The van der Waals surface area contributed by atoms with Gasteiger partial charge in [0.25, 0.3) is 0 Å². The Bertz CT molecular complexity index is 892. The maximum atomic E-state index is 13.6. The summed E-state index contributed by atoms with van der Waals surface area (Å²) in [6.45, 7) is 2.92. The molecule has 1 atom stereocenters. The van der Waals surface area contributed by atoms with Gasteiger partial charge in [0.1, 0.15) is 5.82 Å². The van der Waals surface area contributed by atoms with Gasteiger partial charge in [-0.3, -0.25) is 4.79 Å². The van der Waals surface area contributed by atoms with E-state index < -0.39 is 0 Å². The molecule has 2 aromatic rings. The number of hydrogen-bond donors (Lipinski definition) is 0. The standard InChI is InChI=1S/C23H25FN2O2/c1-16-6-2-3-11-21(16)22-13-20(28-25-22)15-26(23(27)18-8-5-9-18)14-17-7-4-10-19(24)12-17/h2-4,6-7,10-12,18,20H,5,8-9,13-15H2,1H3/t20-/m1/s1. The second kappa shape index (κ2) is 8.13. The zero-order valence-corrected chi connectivity index (χ0v) is 16.1. The first-order valence-corrected chi connectivity index (χ1v) is 9.92. The van der Waals surface area contributed by atoms with Gasteiger partial charge in [-0.05, 0) is 43.0 Å². The van der Waals surface area contributed by atoms with E-state index in [9.17, 15) is 9.18 Å². The van der Waals surface area contributed by atoms with E-state index in [2.05, 4.69) is 18.1 Å². The van der Waals surface area contributed by atoms with Gasteiger partial charge >= 0.3 is 0 Å². The summed E-state index contributed by atoms with van der Waals surface area (Å²) in [7, 11) is 0. The van der Waals surface area contributed by atoms with E-state index in [1.807, 2.05) is 29.2 Å². The maximum absolute atomic E-state index is 13.6. The molecule has 1 saturated carbocycles. The molecule has 2 aliphatic rings. The highest BCUT2D eigenvalue weighted by Crippen LogP contribution is 2.30. The van der Waals surface area contributed by atoms with Crippen LogP contribution in [0.5, 0.6) is 0 Å². The molecule has 1 fully saturated rings. The molecule has 1 amide bonds. The molecule has 0 spiro atoms. The summed E-state index contributed by atoms with van der Waals surface area (Å²) < 4.78 is 13.6. The van der Waals surface area contributed by atoms with Crippen LogP contribution in [0.2, 0.25) is 0 Å². The van der Waals surface area contributed by atoms with Crippen molar-refractivity contribution in [1.82, 2.24) is 4.90 Å². The second-order valence-corrected chi connectivity index (χ2v) is 7.76. The lowest BCUT2D eigenvalue weighted by atomic mass is 9.84. The topological polar surface area (TPSA) is 41.9 Å². The Labute approximate surface area is 165 Å². The first kappa shape index (κ1) is 18.7. The lowest BCUT2D eigenvalue weighted by molar-refractivity contribution is -0.140. The molecule has 0 N–H and O–H groups in total. The fourth-order valence-electron chi connectivity index (χ4n) is 3.83. The minimum atomic E-state index is -0.282. The molecule has 4 rings (SSSR count). The number of carbonyl (C=O) groups excluding carboxylic acids is 1. The molecule has 0 radical (unpaired) electrons. The Hall–Kier alpha value is -2.69. The van der Waals surface area contributed by atoms with Crippen LogP contribution in [0.15, 0.2) is 53.7 Å². The van der Waals surface area contributed by atoms with Gasteiger partial charge in [0.05, 0.1) is 12.3 Å². The number of halogens is 1. The largest absolute Gasteiger partial charge is 0.390 e. The predicted octanol–water partition coefficient (Wildman–Crippen LogP) is 4.46. The van der Waals surface area contributed by atoms with E-state index in [0.29, 0.717) is 19.5 Å². The summed E-state index contributed by atoms with van der Waals surface area (Å²) in [5.41, 5.74) is 3.97. The number of benzene rings is 2. The van der Waals surface area contributed by atoms with Crippen LogP contribution in [0.4, 0.5) is 4.39 Å². The fraction of sp³-hybridized carbons (Fsp3) is 0.391. The Kier molecular flexibility index (Phi) is 5.42. The summed E-state index contributed by atoms with van der Waals surface area (Å²) >= 11 is 0. The van der Waals surface area contributed by atoms with Gasteiger partial charge in [-0.1, -0.05) is 48.0 Å². The molecule has 1 heterocycles. The Morgan fingerprint density at radius 2 is 2.04 bits per heavy atom. The third kappa shape index (κ3) is 4.08. The molecule has 1 aliphatic heterocycles. The van der Waals surface area contributed by atoms with Crippen molar-refractivity contribution in [2.45, 2.75) is 45.3 Å². The van der Waals surface area contributed by atoms with Gasteiger partial charge in [-0.15, -0.1) is 0 Å². The Balaban J connectivity index is 1.45. The lowest BCUT2D eigenvalue weighted by Gasteiger charge is -2.32. The Morgan fingerprint density at radius 3 is 2.75 bits per heavy atom. The molecule has 0 saturated heterocycles. The summed E-state index contributed by atoms with van der Waals surface area (Å²) in [5.74, 6) is -0.0500. The van der Waals surface area contributed by atoms with Crippen molar-refractivity contribution in [2.24, 2.45) is 11.1 Å². The maximum Gasteiger partial charge on any atom is 0.226 e. The third-order valence-electron chi connectivity index (χ3n) is 5.64. The molecule has 28 heavy (non-hydrogen) atoms. The van der Waals surface area contributed by atoms with Crippen molar-refractivity contribution >= 4 is 11.6 Å². The van der Waals surface area contributed by atoms with Gasteiger partial charge < -0.3 is 9.74 Å². The van der Waals surface area contributed by atoms with Crippen LogP contribution in [0.1, 0.15) is 42.4 Å². The van der Waals surface area contributed by atoms with Crippen LogP contribution < -0.4 is 0 Å². The van der Waals surface area contributed by atoms with Crippen molar-refractivity contribution in [2.75, 3.05) is 6.54 Å². The number of rotatable bonds is 6. The van der Waals surface area contributed by atoms with Crippen LogP contribution >= 0.6 is 0 Å². The molecular formula is C23H25FN2O2. The SMILES string of the molecule is Cc1ccccc1C1=NO[C@@H](CN(Cc2cccc(F)c2)C(=O)C2CCC2)C1. The zero-order chi connectivity index (χ0) is 19.5. The van der Waals surface area contributed by atoms with Crippen LogP contribution in [-0.2, 0) is 16.2 Å². The van der Waals surface area contributed by atoms with Crippen molar-refractivity contribution < 1.29 is 14.0 Å². The van der Waals surface area contributed by atoms with Gasteiger partial charge in [0.15, 0.2) is 6.10 Å². The molecule has 4 nitrogen and oxygen atoms in total. The minimum absolute atomic E-state index is 0.0896. The van der Waals surface area contributed by atoms with Crippen molar-refractivity contribution in [3.8, 4) is 0 Å². The molecule has 1 aliphatic carbocycles. The highest BCUT2D eigenvalue weighted by atomic mass is 19.1. The molecular weight excluding hydrogens is 355 g/mol. The van der Waals surface area contributed by atoms with Gasteiger partial charge in [0.2, 0.25) is 5.91 Å². The van der Waals surface area contributed by atoms with Gasteiger partial charge in [-0.2, -0.15) is 0 Å². The van der Waals surface area contributed by atoms with Crippen LogP contribution in [0.3, 0.4) is 0 Å². The zero-order valence-electron chi connectivity index (χ0n) is 16.1.